The maximum absolute atomic E-state index is 13.0. The number of hydrogen-bond acceptors (Lipinski definition) is 12. The van der Waals surface area contributed by atoms with E-state index in [1.807, 2.05) is 26.0 Å². The maximum Gasteiger partial charge on any atom is 0.303 e. The number of epoxide rings is 1. The van der Waals surface area contributed by atoms with Gasteiger partial charge in [0.05, 0.1) is 43.2 Å². The molecule has 348 valence electrons. The average Bonchev–Trinajstić information content (AvgIpc) is 4.02. The Morgan fingerprint density at radius 1 is 0.968 bits per heavy atom. The van der Waals surface area contributed by atoms with E-state index < -0.39 is 36.0 Å². The predicted octanol–water partition coefficient (Wildman–Crippen LogP) is 3.85. The number of esters is 1. The van der Waals surface area contributed by atoms with Crippen LogP contribution in [0.15, 0.2) is 59.7 Å². The molecule has 3 aliphatic heterocycles. The van der Waals surface area contributed by atoms with Gasteiger partial charge in [0.15, 0.2) is 0 Å². The molecular weight excluding hydrogens is 878 g/mol. The molecule has 1 aromatic rings. The van der Waals surface area contributed by atoms with Gasteiger partial charge in [-0.15, -0.1) is 0 Å². The van der Waals surface area contributed by atoms with E-state index in [9.17, 15) is 33.9 Å². The van der Waals surface area contributed by atoms with Crippen molar-refractivity contribution >= 4 is 57.5 Å². The van der Waals surface area contributed by atoms with Crippen LogP contribution in [0.3, 0.4) is 0 Å². The SMILES string of the molecule is CC(=O)OC(C)C=C(C=O)CNC1CC(C)C(CC=C(C)C=CC2OC(CC(=O)NCc3ccc(NC(=O)CNC(=O)CCCCCNC(=O)CBr)cc3)CC3(CO3)C2O)OC1C. The molecule has 9 unspecified atom stereocenters. The molecule has 1 aromatic carbocycles. The van der Waals surface area contributed by atoms with E-state index in [0.29, 0.717) is 56.6 Å². The lowest BCUT2D eigenvalue weighted by Crippen LogP contribution is -2.50. The number of unbranched alkanes of at least 4 members (excludes halogenated alkanes) is 2. The van der Waals surface area contributed by atoms with Crippen molar-refractivity contribution in [3.8, 4) is 0 Å². The van der Waals surface area contributed by atoms with Gasteiger partial charge >= 0.3 is 5.97 Å². The molecule has 4 amide bonds. The van der Waals surface area contributed by atoms with E-state index in [2.05, 4.69) is 55.5 Å². The Morgan fingerprint density at radius 2 is 1.71 bits per heavy atom. The maximum atomic E-state index is 13.0. The Bertz CT molecular complexity index is 1800. The first kappa shape index (κ1) is 51.4. The number of allylic oxidation sites excluding steroid dienone is 2. The van der Waals surface area contributed by atoms with Crippen molar-refractivity contribution in [3.05, 3.63) is 65.3 Å². The normalized spacial score (nSPS) is 26.4. The number of rotatable bonds is 24. The Balaban J connectivity index is 1.16. The van der Waals surface area contributed by atoms with Crippen LogP contribution in [0.2, 0.25) is 0 Å². The van der Waals surface area contributed by atoms with Crippen LogP contribution in [0.4, 0.5) is 5.69 Å². The minimum absolute atomic E-state index is 0.00161. The number of carbonyl (C=O) groups is 6. The second-order valence-corrected chi connectivity index (χ2v) is 17.4. The zero-order valence-corrected chi connectivity index (χ0v) is 38.7. The number of alkyl halides is 1. The highest BCUT2D eigenvalue weighted by molar-refractivity contribution is 9.09. The highest BCUT2D eigenvalue weighted by Crippen LogP contribution is 2.43. The fourth-order valence-electron chi connectivity index (χ4n) is 7.71. The number of nitrogens with one attached hydrogen (secondary N) is 5. The first-order valence-electron chi connectivity index (χ1n) is 21.9. The van der Waals surface area contributed by atoms with E-state index in [0.717, 1.165) is 36.7 Å². The third kappa shape index (κ3) is 18.0. The number of ether oxygens (including phenoxy) is 4. The minimum Gasteiger partial charge on any atom is -0.459 e. The number of aldehydes is 1. The van der Waals surface area contributed by atoms with Crippen molar-refractivity contribution in [2.45, 2.75) is 141 Å². The summed E-state index contributed by atoms with van der Waals surface area (Å²) < 4.78 is 23.5. The van der Waals surface area contributed by atoms with E-state index in [-0.39, 0.29) is 72.6 Å². The third-order valence-electron chi connectivity index (χ3n) is 11.4. The highest BCUT2D eigenvalue weighted by Gasteiger charge is 2.58. The Morgan fingerprint density at radius 3 is 2.40 bits per heavy atom. The number of hydrogen-bond donors (Lipinski definition) is 6. The van der Waals surface area contributed by atoms with E-state index in [1.54, 1.807) is 37.3 Å². The second kappa shape index (κ2) is 25.9. The summed E-state index contributed by atoms with van der Waals surface area (Å²) in [4.78, 5) is 71.6. The zero-order valence-electron chi connectivity index (χ0n) is 37.1. The molecule has 0 aliphatic carbocycles. The van der Waals surface area contributed by atoms with Gasteiger partial charge in [0, 0.05) is 56.7 Å². The molecule has 16 nitrogen and oxygen atoms in total. The number of amides is 4. The summed E-state index contributed by atoms with van der Waals surface area (Å²) in [7, 11) is 0. The lowest BCUT2D eigenvalue weighted by atomic mass is 9.87. The molecule has 3 saturated heterocycles. The highest BCUT2D eigenvalue weighted by atomic mass is 79.9. The van der Waals surface area contributed by atoms with Crippen molar-refractivity contribution in [1.29, 1.82) is 0 Å². The molecule has 17 heteroatoms. The van der Waals surface area contributed by atoms with Crippen molar-refractivity contribution in [2.24, 2.45) is 5.92 Å². The van der Waals surface area contributed by atoms with Crippen LogP contribution >= 0.6 is 15.9 Å². The first-order valence-corrected chi connectivity index (χ1v) is 23.0. The van der Waals surface area contributed by atoms with Crippen LogP contribution in [0.25, 0.3) is 0 Å². The van der Waals surface area contributed by atoms with E-state index in [1.165, 1.54) is 6.92 Å². The molecule has 3 aliphatic rings. The summed E-state index contributed by atoms with van der Waals surface area (Å²) in [5.41, 5.74) is 2.14. The number of benzene rings is 1. The molecule has 3 heterocycles. The van der Waals surface area contributed by atoms with Crippen LogP contribution in [0.1, 0.15) is 91.5 Å². The fraction of sp³-hybridized carbons (Fsp3) is 0.609. The predicted molar refractivity (Wildman–Crippen MR) is 241 cm³/mol. The molecule has 9 atom stereocenters. The van der Waals surface area contributed by atoms with E-state index >= 15 is 0 Å². The molecule has 0 aromatic heterocycles. The smallest absolute Gasteiger partial charge is 0.303 e. The standard InChI is InChI=1S/C46H66BrN5O11/c1-29(10-16-39-30(2)19-38(32(4)62-39)49-25-35(27-53)20-31(3)61-33(5)54)11-17-40-45(59)46(28-60-46)22-37(63-40)21-42(56)50-24-34-12-14-36(15-13-34)52-44(58)26-51-41(55)9-7-6-8-18-48-43(57)23-47/h10-15,17,20,27,30-32,37-40,45,49,59H,6-9,16,18-19,21-26,28H2,1-5H3,(H,48,57)(H,50,56)(H,51,55)(H,52,58). The number of aliphatic hydroxyl groups is 1. The summed E-state index contributed by atoms with van der Waals surface area (Å²) in [6, 6.07) is 7.10. The number of halogens is 1. The average molecular weight is 945 g/mol. The van der Waals surface area contributed by atoms with Crippen LogP contribution in [-0.2, 0) is 54.3 Å². The molecule has 1 spiro atoms. The summed E-state index contributed by atoms with van der Waals surface area (Å²) >= 11 is 3.09. The lowest BCUT2D eigenvalue weighted by molar-refractivity contribution is -0.145. The van der Waals surface area contributed by atoms with Gasteiger partial charge in [0.2, 0.25) is 23.6 Å². The fourth-order valence-corrected chi connectivity index (χ4v) is 7.91. The molecule has 0 radical (unpaired) electrons. The van der Waals surface area contributed by atoms with Crippen LogP contribution in [0, 0.1) is 5.92 Å². The number of carbonyl (C=O) groups excluding carboxylic acids is 6. The van der Waals surface area contributed by atoms with Gasteiger partial charge in [-0.3, -0.25) is 28.8 Å². The van der Waals surface area contributed by atoms with E-state index in [4.69, 9.17) is 18.9 Å². The summed E-state index contributed by atoms with van der Waals surface area (Å²) in [5, 5.41) is 25.9. The summed E-state index contributed by atoms with van der Waals surface area (Å²) in [5.74, 6) is -1.00. The lowest BCUT2D eigenvalue weighted by Gasteiger charge is -2.39. The number of aliphatic hydroxyl groups excluding tert-OH is 1. The summed E-state index contributed by atoms with van der Waals surface area (Å²) in [6.45, 7) is 10.6. The minimum atomic E-state index is -0.871. The molecule has 63 heavy (non-hydrogen) atoms. The van der Waals surface area contributed by atoms with Crippen molar-refractivity contribution < 1.29 is 52.8 Å². The van der Waals surface area contributed by atoms with Gasteiger partial charge in [-0.05, 0) is 76.1 Å². The molecule has 3 fully saturated rings. The van der Waals surface area contributed by atoms with Crippen LogP contribution in [0.5, 0.6) is 0 Å². The van der Waals surface area contributed by atoms with Crippen molar-refractivity contribution in [3.63, 3.8) is 0 Å². The van der Waals surface area contributed by atoms with Crippen LogP contribution in [-0.4, -0.2) is 121 Å². The Labute approximate surface area is 379 Å². The van der Waals surface area contributed by atoms with Gasteiger partial charge in [-0.25, -0.2) is 0 Å². The molecule has 0 saturated carbocycles. The molecule has 6 N–H and O–H groups in total. The molecule has 4 rings (SSSR count). The van der Waals surface area contributed by atoms with Gasteiger partial charge in [0.1, 0.15) is 30.2 Å². The first-order chi connectivity index (χ1) is 30.1. The second-order valence-electron chi connectivity index (χ2n) is 16.8. The Hall–Kier alpha value is -4.26. The van der Waals surface area contributed by atoms with Gasteiger partial charge in [0.25, 0.3) is 0 Å². The van der Waals surface area contributed by atoms with Crippen molar-refractivity contribution in [1.82, 2.24) is 21.3 Å². The van der Waals surface area contributed by atoms with Gasteiger partial charge in [-0.1, -0.05) is 65.2 Å². The molecule has 0 bridgehead atoms. The monoisotopic (exact) mass is 943 g/mol. The molecular formula is C46H66BrN5O11. The van der Waals surface area contributed by atoms with Gasteiger partial charge in [-0.2, -0.15) is 0 Å². The summed E-state index contributed by atoms with van der Waals surface area (Å²) in [6.07, 6.45) is 10.3. The van der Waals surface area contributed by atoms with Crippen molar-refractivity contribution in [2.75, 3.05) is 36.9 Å². The zero-order chi connectivity index (χ0) is 45.9. The largest absolute Gasteiger partial charge is 0.459 e. The van der Waals surface area contributed by atoms with Crippen LogP contribution < -0.4 is 26.6 Å². The van der Waals surface area contributed by atoms with Gasteiger partial charge < -0.3 is 50.6 Å². The third-order valence-corrected chi connectivity index (χ3v) is 11.9. The Kier molecular flexibility index (Phi) is 21.1. The quantitative estimate of drug-likeness (QED) is 0.0166. The number of anilines is 1. The topological polar surface area (TPSA) is 223 Å².